The first kappa shape index (κ1) is 14.6. The fourth-order valence-corrected chi connectivity index (χ4v) is 2.97. The summed E-state index contributed by atoms with van der Waals surface area (Å²) >= 11 is 3.35. The van der Waals surface area contributed by atoms with Crippen LogP contribution in [0.3, 0.4) is 0 Å². The Hall–Kier alpha value is -0.780. The van der Waals surface area contributed by atoms with Crippen molar-refractivity contribution in [3.05, 3.63) is 22.2 Å². The van der Waals surface area contributed by atoms with Gasteiger partial charge in [0.1, 0.15) is 0 Å². The fraction of sp³-hybridized carbons (Fsp3) is 0.571. The maximum Gasteiger partial charge on any atom is 0.172 e. The summed E-state index contributed by atoms with van der Waals surface area (Å²) in [6.07, 6.45) is 2.63. The number of benzene rings is 1. The molecule has 1 aromatic rings. The molecule has 0 bridgehead atoms. The van der Waals surface area contributed by atoms with Crippen molar-refractivity contribution < 1.29 is 14.6 Å². The Kier molecular flexibility index (Phi) is 5.07. The SMILES string of the molecule is COc1cc(CN2CCCC(OC)C2)cc(Br)c1O. The number of nitrogens with zero attached hydrogens (tertiary/aromatic N) is 1. The second-order valence-corrected chi connectivity index (χ2v) is 5.72. The Balaban J connectivity index is 2.08. The number of aromatic hydroxyl groups is 1. The Morgan fingerprint density at radius 2 is 2.21 bits per heavy atom. The van der Waals surface area contributed by atoms with Crippen LogP contribution in [-0.4, -0.2) is 43.4 Å². The van der Waals surface area contributed by atoms with Gasteiger partial charge in [0, 0.05) is 20.2 Å². The van der Waals surface area contributed by atoms with E-state index in [1.807, 2.05) is 12.1 Å². The van der Waals surface area contributed by atoms with Gasteiger partial charge < -0.3 is 14.6 Å². The predicted molar refractivity (Wildman–Crippen MR) is 77.7 cm³/mol. The van der Waals surface area contributed by atoms with Gasteiger partial charge in [-0.25, -0.2) is 0 Å². The first-order chi connectivity index (χ1) is 9.13. The van der Waals surface area contributed by atoms with Gasteiger partial charge in [0.05, 0.1) is 17.7 Å². The van der Waals surface area contributed by atoms with E-state index in [1.54, 1.807) is 14.2 Å². The molecule has 0 amide bonds. The second kappa shape index (κ2) is 6.59. The number of ether oxygens (including phenoxy) is 2. The number of phenolic OH excluding ortho intramolecular Hbond substituents is 1. The van der Waals surface area contributed by atoms with Crippen molar-refractivity contribution in [2.45, 2.75) is 25.5 Å². The molecule has 1 aromatic carbocycles. The minimum atomic E-state index is 0.152. The van der Waals surface area contributed by atoms with E-state index >= 15 is 0 Å². The minimum absolute atomic E-state index is 0.152. The van der Waals surface area contributed by atoms with Crippen LogP contribution in [0.1, 0.15) is 18.4 Å². The molecule has 1 N–H and O–H groups in total. The number of likely N-dealkylation sites (tertiary alicyclic amines) is 1. The number of rotatable bonds is 4. The second-order valence-electron chi connectivity index (χ2n) is 4.86. The van der Waals surface area contributed by atoms with Crippen molar-refractivity contribution in [1.82, 2.24) is 4.90 Å². The average Bonchev–Trinajstić information content (AvgIpc) is 2.43. The highest BCUT2D eigenvalue weighted by Crippen LogP contribution is 2.35. The summed E-state index contributed by atoms with van der Waals surface area (Å²) in [6, 6.07) is 3.82. The molecule has 1 atom stereocenters. The lowest BCUT2D eigenvalue weighted by atomic mass is 10.1. The Morgan fingerprint density at radius 3 is 2.89 bits per heavy atom. The first-order valence-electron chi connectivity index (χ1n) is 6.44. The third-order valence-corrected chi connectivity index (χ3v) is 4.11. The molecule has 0 aliphatic carbocycles. The summed E-state index contributed by atoms with van der Waals surface area (Å²) in [4.78, 5) is 2.37. The Bertz CT molecular complexity index is 439. The quantitative estimate of drug-likeness (QED) is 0.922. The van der Waals surface area contributed by atoms with E-state index in [0.717, 1.165) is 38.0 Å². The van der Waals surface area contributed by atoms with Crippen molar-refractivity contribution >= 4 is 15.9 Å². The van der Waals surface area contributed by atoms with Gasteiger partial charge in [-0.2, -0.15) is 0 Å². The Morgan fingerprint density at radius 1 is 1.42 bits per heavy atom. The van der Waals surface area contributed by atoms with Crippen LogP contribution in [0.5, 0.6) is 11.5 Å². The van der Waals surface area contributed by atoms with Gasteiger partial charge in [-0.1, -0.05) is 0 Å². The van der Waals surface area contributed by atoms with Crippen molar-refractivity contribution in [3.8, 4) is 11.5 Å². The lowest BCUT2D eigenvalue weighted by Gasteiger charge is -2.32. The van der Waals surface area contributed by atoms with E-state index in [4.69, 9.17) is 9.47 Å². The van der Waals surface area contributed by atoms with Crippen LogP contribution in [0, 0.1) is 0 Å². The van der Waals surface area contributed by atoms with Gasteiger partial charge in [0.2, 0.25) is 0 Å². The first-order valence-corrected chi connectivity index (χ1v) is 7.24. The zero-order valence-electron chi connectivity index (χ0n) is 11.4. The summed E-state index contributed by atoms with van der Waals surface area (Å²) in [5, 5.41) is 9.80. The standard InChI is InChI=1S/C14H20BrNO3/c1-18-11-4-3-5-16(9-11)8-10-6-12(15)14(17)13(7-10)19-2/h6-7,11,17H,3-5,8-9H2,1-2H3. The molecule has 19 heavy (non-hydrogen) atoms. The minimum Gasteiger partial charge on any atom is -0.503 e. The third kappa shape index (κ3) is 3.61. The largest absolute Gasteiger partial charge is 0.503 e. The monoisotopic (exact) mass is 329 g/mol. The normalized spacial score (nSPS) is 20.5. The maximum absolute atomic E-state index is 9.80. The molecule has 1 aliphatic rings. The number of phenols is 1. The van der Waals surface area contributed by atoms with Crippen LogP contribution < -0.4 is 4.74 Å². The van der Waals surface area contributed by atoms with E-state index < -0.39 is 0 Å². The van der Waals surface area contributed by atoms with E-state index in [2.05, 4.69) is 20.8 Å². The van der Waals surface area contributed by atoms with Crippen molar-refractivity contribution in [3.63, 3.8) is 0 Å². The zero-order valence-corrected chi connectivity index (χ0v) is 12.9. The van der Waals surface area contributed by atoms with Crippen LogP contribution in [-0.2, 0) is 11.3 Å². The number of piperidine rings is 1. The third-order valence-electron chi connectivity index (χ3n) is 3.51. The summed E-state index contributed by atoms with van der Waals surface area (Å²) < 4.78 is 11.3. The molecule has 2 rings (SSSR count). The van der Waals surface area contributed by atoms with Crippen molar-refractivity contribution in [2.75, 3.05) is 27.3 Å². The summed E-state index contributed by atoms with van der Waals surface area (Å²) in [5.41, 5.74) is 1.12. The Labute approximate surface area is 122 Å². The number of halogens is 1. The lowest BCUT2D eigenvalue weighted by Crippen LogP contribution is -2.38. The van der Waals surface area contributed by atoms with Crippen LogP contribution in [0.25, 0.3) is 0 Å². The molecule has 4 nitrogen and oxygen atoms in total. The predicted octanol–water partition coefficient (Wildman–Crippen LogP) is 2.77. The van der Waals surface area contributed by atoms with Gasteiger partial charge in [-0.15, -0.1) is 0 Å². The van der Waals surface area contributed by atoms with E-state index in [1.165, 1.54) is 0 Å². The fourth-order valence-electron chi connectivity index (χ4n) is 2.48. The molecule has 106 valence electrons. The van der Waals surface area contributed by atoms with Crippen molar-refractivity contribution in [1.29, 1.82) is 0 Å². The molecule has 0 aromatic heterocycles. The molecule has 1 unspecified atom stereocenters. The molecule has 1 heterocycles. The molecule has 1 aliphatic heterocycles. The number of methoxy groups -OCH3 is 2. The number of hydrogen-bond donors (Lipinski definition) is 1. The molecule has 1 fully saturated rings. The summed E-state index contributed by atoms with van der Waals surface area (Å²) in [6.45, 7) is 2.88. The molecule has 5 heteroatoms. The van der Waals surface area contributed by atoms with E-state index in [9.17, 15) is 5.11 Å². The average molecular weight is 330 g/mol. The van der Waals surface area contributed by atoms with Gasteiger partial charge in [-0.3, -0.25) is 4.90 Å². The molecular formula is C14H20BrNO3. The molecule has 1 saturated heterocycles. The van der Waals surface area contributed by atoms with Gasteiger partial charge in [0.25, 0.3) is 0 Å². The molecular weight excluding hydrogens is 310 g/mol. The molecule has 0 saturated carbocycles. The van der Waals surface area contributed by atoms with Gasteiger partial charge >= 0.3 is 0 Å². The summed E-state index contributed by atoms with van der Waals surface area (Å²) in [5.74, 6) is 0.657. The highest BCUT2D eigenvalue weighted by Gasteiger charge is 2.20. The highest BCUT2D eigenvalue weighted by atomic mass is 79.9. The maximum atomic E-state index is 9.80. The van der Waals surface area contributed by atoms with E-state index in [0.29, 0.717) is 16.3 Å². The van der Waals surface area contributed by atoms with E-state index in [-0.39, 0.29) is 5.75 Å². The van der Waals surface area contributed by atoms with Gasteiger partial charge in [0.15, 0.2) is 11.5 Å². The van der Waals surface area contributed by atoms with Crippen LogP contribution in [0.4, 0.5) is 0 Å². The van der Waals surface area contributed by atoms with Gasteiger partial charge in [-0.05, 0) is 53.0 Å². The summed E-state index contributed by atoms with van der Waals surface area (Å²) in [7, 11) is 3.33. The number of hydrogen-bond acceptors (Lipinski definition) is 4. The topological polar surface area (TPSA) is 41.9 Å². The molecule has 0 spiro atoms. The highest BCUT2D eigenvalue weighted by molar-refractivity contribution is 9.10. The smallest absolute Gasteiger partial charge is 0.172 e. The van der Waals surface area contributed by atoms with Crippen LogP contribution in [0.15, 0.2) is 16.6 Å². The van der Waals surface area contributed by atoms with Crippen LogP contribution >= 0.6 is 15.9 Å². The molecule has 0 radical (unpaired) electrons. The zero-order chi connectivity index (χ0) is 13.8. The van der Waals surface area contributed by atoms with Crippen molar-refractivity contribution in [2.24, 2.45) is 0 Å². The van der Waals surface area contributed by atoms with Crippen LogP contribution in [0.2, 0.25) is 0 Å². The lowest BCUT2D eigenvalue weighted by molar-refractivity contribution is 0.0285.